The minimum atomic E-state index is -0.183. The van der Waals surface area contributed by atoms with E-state index in [0.29, 0.717) is 17.2 Å². The zero-order chi connectivity index (χ0) is 15.1. The molecule has 0 aliphatic rings. The van der Waals surface area contributed by atoms with Crippen molar-refractivity contribution in [2.24, 2.45) is 0 Å². The lowest BCUT2D eigenvalue weighted by Gasteiger charge is -2.08. The van der Waals surface area contributed by atoms with Crippen LogP contribution in [-0.4, -0.2) is 26.2 Å². The number of amides is 1. The van der Waals surface area contributed by atoms with Crippen LogP contribution in [0.15, 0.2) is 48.5 Å². The number of carbonyl (C=O) groups excluding carboxylic acids is 1. The van der Waals surface area contributed by atoms with Gasteiger partial charge in [0.1, 0.15) is 0 Å². The first-order valence-corrected chi connectivity index (χ1v) is 6.96. The summed E-state index contributed by atoms with van der Waals surface area (Å²) in [5.74, 6) is -0.183. The zero-order valence-corrected chi connectivity index (χ0v) is 12.5. The van der Waals surface area contributed by atoms with Crippen molar-refractivity contribution in [1.82, 2.24) is 0 Å². The van der Waals surface area contributed by atoms with E-state index in [1.54, 1.807) is 31.4 Å². The van der Waals surface area contributed by atoms with Crippen molar-refractivity contribution in [3.05, 3.63) is 59.1 Å². The molecule has 21 heavy (non-hydrogen) atoms. The summed E-state index contributed by atoms with van der Waals surface area (Å²) in [5.41, 5.74) is 2.25. The molecule has 4 nitrogen and oxygen atoms in total. The molecule has 2 aromatic carbocycles. The van der Waals surface area contributed by atoms with Gasteiger partial charge in [0, 0.05) is 35.6 Å². The van der Waals surface area contributed by atoms with Gasteiger partial charge < -0.3 is 15.4 Å². The first-order valence-electron chi connectivity index (χ1n) is 6.59. The van der Waals surface area contributed by atoms with Gasteiger partial charge in [-0.05, 0) is 42.5 Å². The van der Waals surface area contributed by atoms with Crippen LogP contribution in [0.25, 0.3) is 0 Å². The fraction of sp³-hybridized carbons (Fsp3) is 0.188. The monoisotopic (exact) mass is 304 g/mol. The fourth-order valence-corrected chi connectivity index (χ4v) is 1.99. The molecule has 2 rings (SSSR count). The Hall–Kier alpha value is -2.04. The Morgan fingerprint density at radius 3 is 2.52 bits per heavy atom. The van der Waals surface area contributed by atoms with Crippen molar-refractivity contribution in [3.63, 3.8) is 0 Å². The summed E-state index contributed by atoms with van der Waals surface area (Å²) in [6, 6.07) is 14.3. The van der Waals surface area contributed by atoms with Crippen LogP contribution in [0.3, 0.4) is 0 Å². The van der Waals surface area contributed by atoms with Crippen LogP contribution in [0.4, 0.5) is 11.4 Å². The van der Waals surface area contributed by atoms with E-state index >= 15 is 0 Å². The van der Waals surface area contributed by atoms with Gasteiger partial charge in [0.25, 0.3) is 5.91 Å². The van der Waals surface area contributed by atoms with Gasteiger partial charge in [0.2, 0.25) is 0 Å². The molecule has 0 saturated carbocycles. The number of hydrogen-bond donors (Lipinski definition) is 2. The molecule has 0 radical (unpaired) electrons. The van der Waals surface area contributed by atoms with E-state index in [1.807, 2.05) is 24.3 Å². The number of anilines is 2. The Morgan fingerprint density at radius 1 is 1.14 bits per heavy atom. The quantitative estimate of drug-likeness (QED) is 0.801. The first kappa shape index (κ1) is 15.4. The van der Waals surface area contributed by atoms with Crippen molar-refractivity contribution in [2.45, 2.75) is 0 Å². The zero-order valence-electron chi connectivity index (χ0n) is 11.7. The molecule has 2 aromatic rings. The molecular weight excluding hydrogens is 288 g/mol. The fourth-order valence-electron chi connectivity index (χ4n) is 1.80. The Labute approximate surface area is 129 Å². The molecule has 1 amide bonds. The number of hydrogen-bond acceptors (Lipinski definition) is 3. The number of benzene rings is 2. The standard InChI is InChI=1S/C16H17ClN2O2/c1-21-10-9-18-14-5-7-15(8-6-14)19-16(20)12-3-2-4-13(17)11-12/h2-8,11,18H,9-10H2,1H3,(H,19,20). The third kappa shape index (κ3) is 4.77. The third-order valence-corrected chi connectivity index (χ3v) is 3.10. The number of carbonyl (C=O) groups is 1. The Morgan fingerprint density at radius 2 is 1.86 bits per heavy atom. The molecule has 5 heteroatoms. The van der Waals surface area contributed by atoms with Crippen molar-refractivity contribution >= 4 is 28.9 Å². The molecule has 0 aromatic heterocycles. The average molecular weight is 305 g/mol. The second-order valence-corrected chi connectivity index (χ2v) is 4.90. The molecule has 0 saturated heterocycles. The van der Waals surface area contributed by atoms with Gasteiger partial charge in [-0.2, -0.15) is 0 Å². The van der Waals surface area contributed by atoms with E-state index in [9.17, 15) is 4.79 Å². The van der Waals surface area contributed by atoms with Crippen molar-refractivity contribution in [1.29, 1.82) is 0 Å². The van der Waals surface area contributed by atoms with Crippen molar-refractivity contribution in [2.75, 3.05) is 30.9 Å². The first-order chi connectivity index (χ1) is 10.2. The molecule has 0 spiro atoms. The molecule has 0 atom stereocenters. The highest BCUT2D eigenvalue weighted by Crippen LogP contribution is 2.16. The van der Waals surface area contributed by atoms with E-state index in [2.05, 4.69) is 10.6 Å². The predicted molar refractivity (Wildman–Crippen MR) is 86.2 cm³/mol. The number of nitrogens with one attached hydrogen (secondary N) is 2. The highest BCUT2D eigenvalue weighted by molar-refractivity contribution is 6.31. The van der Waals surface area contributed by atoms with Crippen LogP contribution in [0.5, 0.6) is 0 Å². The van der Waals surface area contributed by atoms with Gasteiger partial charge in [-0.15, -0.1) is 0 Å². The van der Waals surface area contributed by atoms with Gasteiger partial charge in [-0.1, -0.05) is 17.7 Å². The highest BCUT2D eigenvalue weighted by atomic mass is 35.5. The summed E-state index contributed by atoms with van der Waals surface area (Å²) in [5, 5.41) is 6.58. The lowest BCUT2D eigenvalue weighted by molar-refractivity contribution is 0.102. The van der Waals surface area contributed by atoms with Crippen LogP contribution in [0.1, 0.15) is 10.4 Å². The summed E-state index contributed by atoms with van der Waals surface area (Å²) in [4.78, 5) is 12.1. The molecule has 0 aliphatic carbocycles. The van der Waals surface area contributed by atoms with Gasteiger partial charge in [0.15, 0.2) is 0 Å². The maximum absolute atomic E-state index is 12.1. The van der Waals surface area contributed by atoms with Gasteiger partial charge in [-0.25, -0.2) is 0 Å². The Balaban J connectivity index is 1.95. The van der Waals surface area contributed by atoms with Crippen LogP contribution in [0.2, 0.25) is 5.02 Å². The summed E-state index contributed by atoms with van der Waals surface area (Å²) < 4.78 is 4.97. The second kappa shape index (κ2) is 7.67. The van der Waals surface area contributed by atoms with Crippen molar-refractivity contribution in [3.8, 4) is 0 Å². The number of ether oxygens (including phenoxy) is 1. The molecular formula is C16H17ClN2O2. The maximum Gasteiger partial charge on any atom is 0.255 e. The number of rotatable bonds is 6. The van der Waals surface area contributed by atoms with Crippen LogP contribution in [0, 0.1) is 0 Å². The van der Waals surface area contributed by atoms with Crippen LogP contribution < -0.4 is 10.6 Å². The maximum atomic E-state index is 12.1. The minimum Gasteiger partial charge on any atom is -0.383 e. The highest BCUT2D eigenvalue weighted by Gasteiger charge is 2.06. The van der Waals surface area contributed by atoms with Crippen LogP contribution >= 0.6 is 11.6 Å². The third-order valence-electron chi connectivity index (χ3n) is 2.86. The molecule has 0 aliphatic heterocycles. The van der Waals surface area contributed by atoms with Gasteiger partial charge >= 0.3 is 0 Å². The molecule has 2 N–H and O–H groups in total. The molecule has 0 bridgehead atoms. The molecule has 0 heterocycles. The molecule has 110 valence electrons. The van der Waals surface area contributed by atoms with Crippen molar-refractivity contribution < 1.29 is 9.53 Å². The summed E-state index contributed by atoms with van der Waals surface area (Å²) in [7, 11) is 1.66. The average Bonchev–Trinajstić information content (AvgIpc) is 2.49. The summed E-state index contributed by atoms with van der Waals surface area (Å²) >= 11 is 5.87. The second-order valence-electron chi connectivity index (χ2n) is 4.46. The van der Waals surface area contributed by atoms with E-state index in [4.69, 9.17) is 16.3 Å². The van der Waals surface area contributed by atoms with Crippen LogP contribution in [-0.2, 0) is 4.74 Å². The molecule has 0 unspecified atom stereocenters. The Kier molecular flexibility index (Phi) is 5.60. The predicted octanol–water partition coefficient (Wildman–Crippen LogP) is 3.65. The van der Waals surface area contributed by atoms with Gasteiger partial charge in [0.05, 0.1) is 6.61 Å². The normalized spacial score (nSPS) is 10.2. The lowest BCUT2D eigenvalue weighted by atomic mass is 10.2. The van der Waals surface area contributed by atoms with E-state index < -0.39 is 0 Å². The van der Waals surface area contributed by atoms with E-state index in [1.165, 1.54) is 0 Å². The molecule has 0 fully saturated rings. The van der Waals surface area contributed by atoms with E-state index in [-0.39, 0.29) is 5.91 Å². The summed E-state index contributed by atoms with van der Waals surface area (Å²) in [6.45, 7) is 1.39. The largest absolute Gasteiger partial charge is 0.383 e. The summed E-state index contributed by atoms with van der Waals surface area (Å²) in [6.07, 6.45) is 0. The van der Waals surface area contributed by atoms with E-state index in [0.717, 1.165) is 17.9 Å². The Bertz CT molecular complexity index is 599. The van der Waals surface area contributed by atoms with Gasteiger partial charge in [-0.3, -0.25) is 4.79 Å². The smallest absolute Gasteiger partial charge is 0.255 e. The minimum absolute atomic E-state index is 0.183. The number of halogens is 1. The number of methoxy groups -OCH3 is 1. The topological polar surface area (TPSA) is 50.4 Å². The lowest BCUT2D eigenvalue weighted by Crippen LogP contribution is -2.12. The SMILES string of the molecule is COCCNc1ccc(NC(=O)c2cccc(Cl)c2)cc1.